The Morgan fingerprint density at radius 1 is 1.29 bits per heavy atom. The number of anilines is 1. The molecule has 0 atom stereocenters. The van der Waals surface area contributed by atoms with Gasteiger partial charge in [-0.3, -0.25) is 9.89 Å². The van der Waals surface area contributed by atoms with Gasteiger partial charge in [0.15, 0.2) is 0 Å². The number of H-pyrrole nitrogens is 1. The van der Waals surface area contributed by atoms with E-state index < -0.39 is 0 Å². The standard InChI is InChI=1S/C16H15N3OS/c1-11-15(16(19-18-11)13-7-8-21-10-13)17-14(20)9-12-5-3-2-4-6-12/h2-8,10H,9H2,1H3,(H,17,20)(H,18,19). The summed E-state index contributed by atoms with van der Waals surface area (Å²) in [5.41, 5.74) is 4.41. The van der Waals surface area contributed by atoms with Crippen molar-refractivity contribution in [3.63, 3.8) is 0 Å². The molecule has 0 bridgehead atoms. The lowest BCUT2D eigenvalue weighted by Gasteiger charge is -2.06. The maximum atomic E-state index is 12.2. The zero-order valence-corrected chi connectivity index (χ0v) is 12.4. The molecule has 1 aromatic carbocycles. The van der Waals surface area contributed by atoms with Crippen molar-refractivity contribution in [3.05, 3.63) is 58.4 Å². The topological polar surface area (TPSA) is 57.8 Å². The third-order valence-corrected chi connectivity index (χ3v) is 3.90. The highest BCUT2D eigenvalue weighted by atomic mass is 32.1. The number of hydrogen-bond donors (Lipinski definition) is 2. The van der Waals surface area contributed by atoms with Crippen molar-refractivity contribution in [2.75, 3.05) is 5.32 Å². The predicted octanol–water partition coefficient (Wildman–Crippen LogP) is 3.63. The fourth-order valence-corrected chi connectivity index (χ4v) is 2.80. The highest BCUT2D eigenvalue weighted by molar-refractivity contribution is 7.08. The van der Waals surface area contributed by atoms with E-state index in [9.17, 15) is 4.79 Å². The van der Waals surface area contributed by atoms with Gasteiger partial charge in [-0.15, -0.1) is 0 Å². The van der Waals surface area contributed by atoms with Crippen LogP contribution in [0.2, 0.25) is 0 Å². The number of rotatable bonds is 4. The molecule has 3 aromatic rings. The number of benzene rings is 1. The molecule has 106 valence electrons. The van der Waals surface area contributed by atoms with Crippen molar-refractivity contribution in [1.82, 2.24) is 10.2 Å². The van der Waals surface area contributed by atoms with Crippen LogP contribution in [0.4, 0.5) is 5.69 Å². The van der Waals surface area contributed by atoms with Crippen LogP contribution in [0.25, 0.3) is 11.3 Å². The molecule has 0 aliphatic rings. The minimum atomic E-state index is -0.0396. The number of aromatic amines is 1. The van der Waals surface area contributed by atoms with Gasteiger partial charge in [-0.05, 0) is 23.9 Å². The molecule has 0 radical (unpaired) electrons. The van der Waals surface area contributed by atoms with E-state index in [1.807, 2.05) is 54.1 Å². The van der Waals surface area contributed by atoms with Crippen molar-refractivity contribution in [1.29, 1.82) is 0 Å². The summed E-state index contributed by atoms with van der Waals surface area (Å²) in [7, 11) is 0. The molecule has 2 N–H and O–H groups in total. The Labute approximate surface area is 126 Å². The van der Waals surface area contributed by atoms with Crippen LogP contribution in [0, 0.1) is 6.92 Å². The van der Waals surface area contributed by atoms with Gasteiger partial charge in [0.25, 0.3) is 0 Å². The lowest BCUT2D eigenvalue weighted by atomic mass is 10.1. The molecule has 3 rings (SSSR count). The number of hydrogen-bond acceptors (Lipinski definition) is 3. The SMILES string of the molecule is Cc1[nH]nc(-c2ccsc2)c1NC(=O)Cc1ccccc1. The average Bonchev–Trinajstić information content (AvgIpc) is 3.11. The summed E-state index contributed by atoms with van der Waals surface area (Å²) >= 11 is 1.61. The fraction of sp³-hybridized carbons (Fsp3) is 0.125. The Hall–Kier alpha value is -2.40. The Bertz CT molecular complexity index is 732. The third kappa shape index (κ3) is 3.03. The number of aryl methyl sites for hydroxylation is 1. The van der Waals surface area contributed by atoms with Crippen LogP contribution < -0.4 is 5.32 Å². The van der Waals surface area contributed by atoms with E-state index >= 15 is 0 Å². The first-order valence-electron chi connectivity index (χ1n) is 6.65. The van der Waals surface area contributed by atoms with Gasteiger partial charge < -0.3 is 5.32 Å². The molecule has 2 heterocycles. The lowest BCUT2D eigenvalue weighted by Crippen LogP contribution is -2.15. The number of carbonyl (C=O) groups excluding carboxylic acids is 1. The Morgan fingerprint density at radius 2 is 2.10 bits per heavy atom. The maximum absolute atomic E-state index is 12.2. The smallest absolute Gasteiger partial charge is 0.228 e. The molecule has 1 amide bonds. The van der Waals surface area contributed by atoms with Crippen LogP contribution in [-0.2, 0) is 11.2 Å². The van der Waals surface area contributed by atoms with Gasteiger partial charge in [0, 0.05) is 10.9 Å². The minimum absolute atomic E-state index is 0.0396. The van der Waals surface area contributed by atoms with Crippen LogP contribution in [0.3, 0.4) is 0 Å². The largest absolute Gasteiger partial charge is 0.322 e. The molecule has 0 fully saturated rings. The predicted molar refractivity (Wildman–Crippen MR) is 85.4 cm³/mol. The number of carbonyl (C=O) groups is 1. The second kappa shape index (κ2) is 5.93. The second-order valence-electron chi connectivity index (χ2n) is 4.79. The van der Waals surface area contributed by atoms with Gasteiger partial charge in [0.2, 0.25) is 5.91 Å². The summed E-state index contributed by atoms with van der Waals surface area (Å²) in [4.78, 5) is 12.2. The van der Waals surface area contributed by atoms with Crippen LogP contribution in [-0.4, -0.2) is 16.1 Å². The Balaban J connectivity index is 1.79. The molecule has 21 heavy (non-hydrogen) atoms. The van der Waals surface area contributed by atoms with Gasteiger partial charge >= 0.3 is 0 Å². The van der Waals surface area contributed by atoms with E-state index in [-0.39, 0.29) is 5.91 Å². The van der Waals surface area contributed by atoms with Crippen LogP contribution in [0.1, 0.15) is 11.3 Å². The number of nitrogens with zero attached hydrogens (tertiary/aromatic N) is 1. The summed E-state index contributed by atoms with van der Waals surface area (Å²) in [6.07, 6.45) is 0.356. The normalized spacial score (nSPS) is 10.5. The van der Waals surface area contributed by atoms with Crippen LogP contribution in [0.15, 0.2) is 47.2 Å². The Kier molecular flexibility index (Phi) is 3.83. The van der Waals surface area contributed by atoms with Gasteiger partial charge in [-0.25, -0.2) is 0 Å². The third-order valence-electron chi connectivity index (χ3n) is 3.21. The van der Waals surface area contributed by atoms with E-state index in [0.717, 1.165) is 28.2 Å². The summed E-state index contributed by atoms with van der Waals surface area (Å²) in [5, 5.41) is 14.2. The summed E-state index contributed by atoms with van der Waals surface area (Å²) in [5.74, 6) is -0.0396. The molecule has 0 saturated carbocycles. The first-order chi connectivity index (χ1) is 10.2. The van der Waals surface area contributed by atoms with Crippen molar-refractivity contribution in [2.45, 2.75) is 13.3 Å². The first-order valence-corrected chi connectivity index (χ1v) is 7.59. The van der Waals surface area contributed by atoms with E-state index in [4.69, 9.17) is 0 Å². The molecule has 0 aliphatic carbocycles. The summed E-state index contributed by atoms with van der Waals surface area (Å²) in [6, 6.07) is 11.7. The fourth-order valence-electron chi connectivity index (χ4n) is 2.16. The molecule has 4 nitrogen and oxygen atoms in total. The average molecular weight is 297 g/mol. The monoisotopic (exact) mass is 297 g/mol. The van der Waals surface area contributed by atoms with Gasteiger partial charge in [0.05, 0.1) is 17.8 Å². The molecule has 0 saturated heterocycles. The van der Waals surface area contributed by atoms with E-state index in [1.165, 1.54) is 0 Å². The number of amides is 1. The molecule has 0 aliphatic heterocycles. The molecule has 0 spiro atoms. The van der Waals surface area contributed by atoms with Crippen LogP contribution in [0.5, 0.6) is 0 Å². The molecule has 5 heteroatoms. The summed E-state index contributed by atoms with van der Waals surface area (Å²) < 4.78 is 0. The van der Waals surface area contributed by atoms with Crippen molar-refractivity contribution in [3.8, 4) is 11.3 Å². The summed E-state index contributed by atoms with van der Waals surface area (Å²) in [6.45, 7) is 1.90. The van der Waals surface area contributed by atoms with Gasteiger partial charge in [-0.2, -0.15) is 16.4 Å². The Morgan fingerprint density at radius 3 is 2.81 bits per heavy atom. The zero-order valence-electron chi connectivity index (χ0n) is 11.6. The van der Waals surface area contributed by atoms with E-state index in [1.54, 1.807) is 11.3 Å². The zero-order chi connectivity index (χ0) is 14.7. The van der Waals surface area contributed by atoms with Gasteiger partial charge in [0.1, 0.15) is 5.69 Å². The molecule has 2 aromatic heterocycles. The van der Waals surface area contributed by atoms with Crippen molar-refractivity contribution in [2.24, 2.45) is 0 Å². The van der Waals surface area contributed by atoms with E-state index in [0.29, 0.717) is 6.42 Å². The number of thiophene rings is 1. The van der Waals surface area contributed by atoms with Gasteiger partial charge in [-0.1, -0.05) is 30.3 Å². The number of nitrogens with one attached hydrogen (secondary N) is 2. The highest BCUT2D eigenvalue weighted by Gasteiger charge is 2.15. The van der Waals surface area contributed by atoms with Crippen LogP contribution >= 0.6 is 11.3 Å². The highest BCUT2D eigenvalue weighted by Crippen LogP contribution is 2.29. The minimum Gasteiger partial charge on any atom is -0.322 e. The quantitative estimate of drug-likeness (QED) is 0.772. The second-order valence-corrected chi connectivity index (χ2v) is 5.57. The number of aromatic nitrogens is 2. The molecular formula is C16H15N3OS. The van der Waals surface area contributed by atoms with Crippen molar-refractivity contribution < 1.29 is 4.79 Å². The first kappa shape index (κ1) is 13.6. The molecule has 0 unspecified atom stereocenters. The van der Waals surface area contributed by atoms with E-state index in [2.05, 4.69) is 15.5 Å². The lowest BCUT2D eigenvalue weighted by molar-refractivity contribution is -0.115. The van der Waals surface area contributed by atoms with Crippen molar-refractivity contribution >= 4 is 22.9 Å². The maximum Gasteiger partial charge on any atom is 0.228 e. The molecular weight excluding hydrogens is 282 g/mol.